The van der Waals surface area contributed by atoms with Crippen molar-refractivity contribution < 1.29 is 4.39 Å². The number of hydrogen-bond donors (Lipinski definition) is 1. The Balaban J connectivity index is 2.39. The molecule has 6 heteroatoms. The summed E-state index contributed by atoms with van der Waals surface area (Å²) >= 11 is 6.27. The standard InChI is InChI=1S/C14H18ClFN4/c1-4-14(17,12-6-5-10(16)8-18-12)7-11-13(15)9(2)19-20(11)3/h5-6,8H,4,7,17H2,1-3H3. The Hall–Kier alpha value is -1.46. The van der Waals surface area contributed by atoms with Crippen LogP contribution in [0.2, 0.25) is 5.02 Å². The minimum Gasteiger partial charge on any atom is -0.320 e. The average Bonchev–Trinajstić information content (AvgIpc) is 2.66. The predicted molar refractivity (Wildman–Crippen MR) is 77.0 cm³/mol. The molecule has 108 valence electrons. The van der Waals surface area contributed by atoms with Gasteiger partial charge in [0.1, 0.15) is 5.82 Å². The second-order valence-electron chi connectivity index (χ2n) is 5.02. The Labute approximate surface area is 122 Å². The monoisotopic (exact) mass is 296 g/mol. The zero-order chi connectivity index (χ0) is 14.9. The molecule has 0 bridgehead atoms. The van der Waals surface area contributed by atoms with E-state index >= 15 is 0 Å². The molecular weight excluding hydrogens is 279 g/mol. The summed E-state index contributed by atoms with van der Waals surface area (Å²) in [6.07, 6.45) is 2.34. The van der Waals surface area contributed by atoms with E-state index in [9.17, 15) is 4.39 Å². The van der Waals surface area contributed by atoms with E-state index in [-0.39, 0.29) is 5.82 Å². The van der Waals surface area contributed by atoms with Crippen LogP contribution >= 0.6 is 11.6 Å². The quantitative estimate of drug-likeness (QED) is 0.944. The van der Waals surface area contributed by atoms with Gasteiger partial charge in [-0.2, -0.15) is 5.10 Å². The molecule has 0 saturated heterocycles. The molecule has 0 fully saturated rings. The highest BCUT2D eigenvalue weighted by Gasteiger charge is 2.30. The molecule has 0 aromatic carbocycles. The fraction of sp³-hybridized carbons (Fsp3) is 0.429. The van der Waals surface area contributed by atoms with Crippen molar-refractivity contribution in [1.29, 1.82) is 0 Å². The van der Waals surface area contributed by atoms with Crippen LogP contribution in [0.5, 0.6) is 0 Å². The van der Waals surface area contributed by atoms with Gasteiger partial charge in [-0.05, 0) is 25.5 Å². The molecule has 0 radical (unpaired) electrons. The number of rotatable bonds is 4. The first kappa shape index (κ1) is 14.9. The highest BCUT2D eigenvalue weighted by atomic mass is 35.5. The SMILES string of the molecule is CCC(N)(Cc1c(Cl)c(C)nn1C)c1ccc(F)cn1. The van der Waals surface area contributed by atoms with Crippen LogP contribution in [0.25, 0.3) is 0 Å². The average molecular weight is 297 g/mol. The lowest BCUT2D eigenvalue weighted by Crippen LogP contribution is -2.40. The molecule has 0 aliphatic heterocycles. The van der Waals surface area contributed by atoms with Crippen LogP contribution in [0.15, 0.2) is 18.3 Å². The molecule has 4 nitrogen and oxygen atoms in total. The lowest BCUT2D eigenvalue weighted by molar-refractivity contribution is 0.399. The van der Waals surface area contributed by atoms with Crippen LogP contribution in [-0.2, 0) is 19.0 Å². The number of nitrogens with zero attached hydrogens (tertiary/aromatic N) is 3. The lowest BCUT2D eigenvalue weighted by atomic mass is 9.87. The third-order valence-corrected chi connectivity index (χ3v) is 4.10. The van der Waals surface area contributed by atoms with Crippen LogP contribution in [0.4, 0.5) is 4.39 Å². The maximum Gasteiger partial charge on any atom is 0.141 e. The highest BCUT2D eigenvalue weighted by molar-refractivity contribution is 6.31. The van der Waals surface area contributed by atoms with Crippen molar-refractivity contribution in [2.45, 2.75) is 32.2 Å². The molecule has 0 spiro atoms. The second-order valence-corrected chi connectivity index (χ2v) is 5.40. The van der Waals surface area contributed by atoms with Crippen LogP contribution in [0.3, 0.4) is 0 Å². The normalized spacial score (nSPS) is 14.3. The van der Waals surface area contributed by atoms with Gasteiger partial charge in [0.05, 0.1) is 33.8 Å². The van der Waals surface area contributed by atoms with Crippen molar-refractivity contribution in [2.75, 3.05) is 0 Å². The Morgan fingerprint density at radius 2 is 2.15 bits per heavy atom. The van der Waals surface area contributed by atoms with Gasteiger partial charge >= 0.3 is 0 Å². The van der Waals surface area contributed by atoms with Crippen molar-refractivity contribution in [3.05, 3.63) is 46.3 Å². The van der Waals surface area contributed by atoms with E-state index in [2.05, 4.69) is 10.1 Å². The van der Waals surface area contributed by atoms with Gasteiger partial charge in [-0.15, -0.1) is 0 Å². The summed E-state index contributed by atoms with van der Waals surface area (Å²) in [7, 11) is 1.84. The molecule has 2 rings (SSSR count). The molecule has 2 heterocycles. The topological polar surface area (TPSA) is 56.7 Å². The summed E-state index contributed by atoms with van der Waals surface area (Å²) < 4.78 is 14.7. The molecule has 1 atom stereocenters. The molecule has 2 aromatic rings. The van der Waals surface area contributed by atoms with Crippen LogP contribution in [0.1, 0.15) is 30.4 Å². The Bertz CT molecular complexity index is 608. The molecule has 0 aliphatic rings. The van der Waals surface area contributed by atoms with Gasteiger partial charge in [-0.1, -0.05) is 18.5 Å². The van der Waals surface area contributed by atoms with Crippen molar-refractivity contribution in [3.63, 3.8) is 0 Å². The van der Waals surface area contributed by atoms with E-state index in [4.69, 9.17) is 17.3 Å². The smallest absolute Gasteiger partial charge is 0.141 e. The zero-order valence-electron chi connectivity index (χ0n) is 11.8. The summed E-state index contributed by atoms with van der Waals surface area (Å²) in [5, 5.41) is 4.91. The minimum absolute atomic E-state index is 0.374. The molecule has 20 heavy (non-hydrogen) atoms. The van der Waals surface area contributed by atoms with Crippen LogP contribution < -0.4 is 5.73 Å². The molecule has 2 N–H and O–H groups in total. The number of pyridine rings is 1. The maximum atomic E-state index is 13.0. The largest absolute Gasteiger partial charge is 0.320 e. The van der Waals surface area contributed by atoms with Crippen molar-refractivity contribution in [3.8, 4) is 0 Å². The van der Waals surface area contributed by atoms with Gasteiger partial charge in [0.2, 0.25) is 0 Å². The molecule has 0 amide bonds. The second kappa shape index (κ2) is 5.50. The summed E-state index contributed by atoms with van der Waals surface area (Å²) in [6.45, 7) is 3.83. The lowest BCUT2D eigenvalue weighted by Gasteiger charge is -2.27. The fourth-order valence-corrected chi connectivity index (χ4v) is 2.46. The first-order valence-electron chi connectivity index (χ1n) is 6.46. The molecule has 0 saturated carbocycles. The number of halogens is 2. The summed E-state index contributed by atoms with van der Waals surface area (Å²) in [6, 6.07) is 2.99. The van der Waals surface area contributed by atoms with E-state index in [1.807, 2.05) is 20.9 Å². The van der Waals surface area contributed by atoms with Gasteiger partial charge in [0.25, 0.3) is 0 Å². The van der Waals surface area contributed by atoms with Crippen molar-refractivity contribution in [1.82, 2.24) is 14.8 Å². The predicted octanol–water partition coefficient (Wildman–Crippen LogP) is 2.72. The third-order valence-electron chi connectivity index (χ3n) is 3.61. The number of aromatic nitrogens is 3. The number of aryl methyl sites for hydroxylation is 2. The maximum absolute atomic E-state index is 13.0. The Kier molecular flexibility index (Phi) is 4.11. The van der Waals surface area contributed by atoms with Crippen LogP contribution in [-0.4, -0.2) is 14.8 Å². The fourth-order valence-electron chi connectivity index (χ4n) is 2.24. The van der Waals surface area contributed by atoms with E-state index < -0.39 is 5.54 Å². The third kappa shape index (κ3) is 2.69. The summed E-state index contributed by atoms with van der Waals surface area (Å²) in [4.78, 5) is 4.11. The van der Waals surface area contributed by atoms with Gasteiger partial charge < -0.3 is 5.73 Å². The van der Waals surface area contributed by atoms with Gasteiger partial charge in [0, 0.05) is 13.5 Å². The Morgan fingerprint density at radius 1 is 1.45 bits per heavy atom. The minimum atomic E-state index is -0.697. The van der Waals surface area contributed by atoms with Gasteiger partial charge in [-0.25, -0.2) is 4.39 Å². The number of hydrogen-bond acceptors (Lipinski definition) is 3. The van der Waals surface area contributed by atoms with E-state index in [0.717, 1.165) is 11.4 Å². The number of nitrogens with two attached hydrogens (primary N) is 1. The Morgan fingerprint density at radius 3 is 2.60 bits per heavy atom. The molecule has 0 aliphatic carbocycles. The molecule has 2 aromatic heterocycles. The first-order valence-corrected chi connectivity index (χ1v) is 6.84. The summed E-state index contributed by atoms with van der Waals surface area (Å²) in [5.41, 5.74) is 8.05. The molecular formula is C14H18ClFN4. The van der Waals surface area contributed by atoms with E-state index in [0.29, 0.717) is 23.6 Å². The highest BCUT2D eigenvalue weighted by Crippen LogP contribution is 2.29. The summed E-state index contributed by atoms with van der Waals surface area (Å²) in [5.74, 6) is -0.374. The van der Waals surface area contributed by atoms with E-state index in [1.165, 1.54) is 12.3 Å². The van der Waals surface area contributed by atoms with Crippen molar-refractivity contribution in [2.24, 2.45) is 12.8 Å². The van der Waals surface area contributed by atoms with E-state index in [1.54, 1.807) is 10.7 Å². The van der Waals surface area contributed by atoms with Crippen molar-refractivity contribution >= 4 is 11.6 Å². The first-order chi connectivity index (χ1) is 9.37. The zero-order valence-corrected chi connectivity index (χ0v) is 12.6. The van der Waals surface area contributed by atoms with Crippen LogP contribution in [0, 0.1) is 12.7 Å². The van der Waals surface area contributed by atoms with Gasteiger partial charge in [0.15, 0.2) is 0 Å². The molecule has 1 unspecified atom stereocenters. The van der Waals surface area contributed by atoms with Gasteiger partial charge in [-0.3, -0.25) is 9.67 Å².